The molecule has 0 bridgehead atoms. The molecule has 3 unspecified atom stereocenters. The predicted octanol–water partition coefficient (Wildman–Crippen LogP) is 7.44. The highest BCUT2D eigenvalue weighted by Crippen LogP contribution is 2.30. The lowest BCUT2D eigenvalue weighted by Gasteiger charge is -2.39. The van der Waals surface area contributed by atoms with Gasteiger partial charge in [-0.1, -0.05) is 77.1 Å². The van der Waals surface area contributed by atoms with E-state index < -0.39 is 23.8 Å². The molecule has 0 saturated carbocycles. The lowest BCUT2D eigenvalue weighted by molar-refractivity contribution is -0.144. The molecule has 7 nitrogen and oxygen atoms in total. The molecule has 0 spiro atoms. The lowest BCUT2D eigenvalue weighted by Crippen LogP contribution is -2.56. The molecule has 0 heterocycles. The SMILES string of the molecule is CCc1ccc(C(C(=O)Nc2ccccc2C)N(C(=O)C(NC(=O)OC(C)(C)C)C(C)C)C(C)CCC(C)C)cc1. The van der Waals surface area contributed by atoms with E-state index in [9.17, 15) is 14.4 Å². The highest BCUT2D eigenvalue weighted by atomic mass is 16.6. The number of nitrogens with zero attached hydrogens (tertiary/aromatic N) is 1. The Labute approximate surface area is 247 Å². The van der Waals surface area contributed by atoms with Crippen LogP contribution in [0.2, 0.25) is 0 Å². The molecule has 2 aromatic carbocycles. The first-order chi connectivity index (χ1) is 19.1. The number of ether oxygens (including phenoxy) is 1. The number of hydrogen-bond acceptors (Lipinski definition) is 4. The van der Waals surface area contributed by atoms with Gasteiger partial charge in [0.15, 0.2) is 0 Å². The number of alkyl carbamates (subject to hydrolysis) is 1. The predicted molar refractivity (Wildman–Crippen MR) is 167 cm³/mol. The maximum absolute atomic E-state index is 14.5. The van der Waals surface area contributed by atoms with E-state index in [1.165, 1.54) is 0 Å². The Morgan fingerprint density at radius 2 is 1.51 bits per heavy atom. The molecule has 41 heavy (non-hydrogen) atoms. The molecule has 0 aliphatic carbocycles. The molecule has 0 radical (unpaired) electrons. The third-order valence-electron chi connectivity index (χ3n) is 7.13. The molecule has 7 heteroatoms. The van der Waals surface area contributed by atoms with Crippen LogP contribution < -0.4 is 10.6 Å². The van der Waals surface area contributed by atoms with Gasteiger partial charge < -0.3 is 20.3 Å². The third-order valence-corrected chi connectivity index (χ3v) is 7.13. The summed E-state index contributed by atoms with van der Waals surface area (Å²) in [6.07, 6.45) is 1.80. The second-order valence-corrected chi connectivity index (χ2v) is 12.7. The first-order valence-corrected chi connectivity index (χ1v) is 14.9. The molecule has 3 atom stereocenters. The van der Waals surface area contributed by atoms with E-state index in [1.54, 1.807) is 25.7 Å². The number of carbonyl (C=O) groups is 3. The van der Waals surface area contributed by atoms with Crippen molar-refractivity contribution in [1.82, 2.24) is 10.2 Å². The second kappa shape index (κ2) is 15.0. The van der Waals surface area contributed by atoms with Crippen molar-refractivity contribution in [3.8, 4) is 0 Å². The molecular formula is C34H51N3O4. The average Bonchev–Trinajstić information content (AvgIpc) is 2.88. The first kappa shape index (κ1) is 33.9. The number of carbonyl (C=O) groups excluding carboxylic acids is 3. The van der Waals surface area contributed by atoms with Gasteiger partial charge in [0.1, 0.15) is 17.7 Å². The van der Waals surface area contributed by atoms with Crippen LogP contribution >= 0.6 is 0 Å². The van der Waals surface area contributed by atoms with Crippen LogP contribution in [0, 0.1) is 18.8 Å². The zero-order chi connectivity index (χ0) is 30.9. The van der Waals surface area contributed by atoms with Gasteiger partial charge in [-0.15, -0.1) is 0 Å². The number of nitrogens with one attached hydrogen (secondary N) is 2. The normalized spacial score (nSPS) is 13.9. The van der Waals surface area contributed by atoms with Crippen LogP contribution in [0.4, 0.5) is 10.5 Å². The Kier molecular flexibility index (Phi) is 12.4. The number of anilines is 1. The van der Waals surface area contributed by atoms with Crippen LogP contribution in [0.3, 0.4) is 0 Å². The fraction of sp³-hybridized carbons (Fsp3) is 0.559. The standard InChI is InChI=1S/C34H51N3O4/c1-11-26-18-20-27(21-19-26)30(31(38)35-28-15-13-12-14-24(28)6)37(25(7)17-16-22(2)3)32(39)29(23(4)5)36-33(40)41-34(8,9)10/h12-15,18-23,25,29-30H,11,16-17H2,1-10H3,(H,35,38)(H,36,40). The van der Waals surface area contributed by atoms with Crippen LogP contribution in [0.5, 0.6) is 0 Å². The summed E-state index contributed by atoms with van der Waals surface area (Å²) in [6.45, 7) is 19.4. The molecule has 0 fully saturated rings. The van der Waals surface area contributed by atoms with Crippen LogP contribution in [-0.2, 0) is 20.7 Å². The Morgan fingerprint density at radius 3 is 2.02 bits per heavy atom. The second-order valence-electron chi connectivity index (χ2n) is 12.7. The first-order valence-electron chi connectivity index (χ1n) is 14.9. The molecule has 2 N–H and O–H groups in total. The van der Waals surface area contributed by atoms with Gasteiger partial charge in [-0.05, 0) is 88.5 Å². The smallest absolute Gasteiger partial charge is 0.408 e. The number of amides is 3. The van der Waals surface area contributed by atoms with Crippen LogP contribution in [-0.4, -0.2) is 40.5 Å². The summed E-state index contributed by atoms with van der Waals surface area (Å²) >= 11 is 0. The Balaban J connectivity index is 2.63. The molecule has 0 saturated heterocycles. The van der Waals surface area contributed by atoms with E-state index in [-0.39, 0.29) is 23.8 Å². The summed E-state index contributed by atoms with van der Waals surface area (Å²) in [5.41, 5.74) is 2.78. The summed E-state index contributed by atoms with van der Waals surface area (Å²) in [5, 5.41) is 5.90. The van der Waals surface area contributed by atoms with Crippen molar-refractivity contribution in [2.45, 2.75) is 112 Å². The Hall–Kier alpha value is -3.35. The summed E-state index contributed by atoms with van der Waals surface area (Å²) in [5.74, 6) is -0.421. The minimum atomic E-state index is -0.906. The maximum atomic E-state index is 14.5. The lowest BCUT2D eigenvalue weighted by atomic mass is 9.94. The highest BCUT2D eigenvalue weighted by Gasteiger charge is 2.40. The molecule has 2 aromatic rings. The minimum Gasteiger partial charge on any atom is -0.444 e. The largest absolute Gasteiger partial charge is 0.444 e. The van der Waals surface area contributed by atoms with Crippen LogP contribution in [0.25, 0.3) is 0 Å². The summed E-state index contributed by atoms with van der Waals surface area (Å²) in [7, 11) is 0. The molecule has 226 valence electrons. The van der Waals surface area contributed by atoms with Crippen molar-refractivity contribution in [3.05, 3.63) is 65.2 Å². The fourth-order valence-corrected chi connectivity index (χ4v) is 4.71. The van der Waals surface area contributed by atoms with E-state index in [4.69, 9.17) is 4.74 Å². The van der Waals surface area contributed by atoms with Crippen molar-refractivity contribution in [3.63, 3.8) is 0 Å². The van der Waals surface area contributed by atoms with Gasteiger partial charge in [-0.2, -0.15) is 0 Å². The summed E-state index contributed by atoms with van der Waals surface area (Å²) < 4.78 is 5.50. The van der Waals surface area contributed by atoms with Gasteiger partial charge in [0.05, 0.1) is 0 Å². The molecule has 2 rings (SSSR count). The molecular weight excluding hydrogens is 514 g/mol. The minimum absolute atomic E-state index is 0.239. The van der Waals surface area contributed by atoms with Crippen molar-refractivity contribution in [2.24, 2.45) is 11.8 Å². The third kappa shape index (κ3) is 10.2. The van der Waals surface area contributed by atoms with Crippen molar-refractivity contribution in [2.75, 3.05) is 5.32 Å². The maximum Gasteiger partial charge on any atom is 0.408 e. The summed E-state index contributed by atoms with van der Waals surface area (Å²) in [4.78, 5) is 43.2. The average molecular weight is 566 g/mol. The molecule has 3 amide bonds. The number of benzene rings is 2. The van der Waals surface area contributed by atoms with E-state index in [0.29, 0.717) is 18.0 Å². The zero-order valence-electron chi connectivity index (χ0n) is 26.7. The monoisotopic (exact) mass is 565 g/mol. The van der Waals surface area contributed by atoms with E-state index in [1.807, 2.05) is 76.2 Å². The molecule has 0 aromatic heterocycles. The summed E-state index contributed by atoms with van der Waals surface area (Å²) in [6, 6.07) is 13.4. The quantitative estimate of drug-likeness (QED) is 0.280. The Bertz CT molecular complexity index is 1150. The van der Waals surface area contributed by atoms with Gasteiger partial charge in [-0.25, -0.2) is 4.79 Å². The number of hydrogen-bond donors (Lipinski definition) is 2. The number of rotatable bonds is 12. The zero-order valence-corrected chi connectivity index (χ0v) is 26.7. The number of aryl methyl sites for hydroxylation is 2. The van der Waals surface area contributed by atoms with E-state index >= 15 is 0 Å². The fourth-order valence-electron chi connectivity index (χ4n) is 4.71. The van der Waals surface area contributed by atoms with Gasteiger partial charge >= 0.3 is 6.09 Å². The van der Waals surface area contributed by atoms with Crippen LogP contribution in [0.15, 0.2) is 48.5 Å². The molecule has 0 aliphatic rings. The van der Waals surface area contributed by atoms with Gasteiger partial charge in [0.2, 0.25) is 5.91 Å². The topological polar surface area (TPSA) is 87.7 Å². The van der Waals surface area contributed by atoms with Gasteiger partial charge in [0, 0.05) is 11.7 Å². The van der Waals surface area contributed by atoms with Crippen molar-refractivity contribution >= 4 is 23.6 Å². The Morgan fingerprint density at radius 1 is 0.902 bits per heavy atom. The highest BCUT2D eigenvalue weighted by molar-refractivity contribution is 5.99. The van der Waals surface area contributed by atoms with Crippen molar-refractivity contribution < 1.29 is 19.1 Å². The van der Waals surface area contributed by atoms with Crippen LogP contribution in [0.1, 0.15) is 97.9 Å². The number of para-hydroxylation sites is 1. The molecule has 0 aliphatic heterocycles. The van der Waals surface area contributed by atoms with E-state index in [2.05, 4.69) is 31.4 Å². The van der Waals surface area contributed by atoms with Gasteiger partial charge in [0.25, 0.3) is 5.91 Å². The van der Waals surface area contributed by atoms with Crippen molar-refractivity contribution in [1.29, 1.82) is 0 Å². The van der Waals surface area contributed by atoms with Gasteiger partial charge in [-0.3, -0.25) is 9.59 Å². The van der Waals surface area contributed by atoms with E-state index in [0.717, 1.165) is 29.5 Å².